The van der Waals surface area contributed by atoms with Crippen LogP contribution in [0.4, 0.5) is 5.69 Å². The third-order valence-electron chi connectivity index (χ3n) is 2.75. The van der Waals surface area contributed by atoms with Crippen molar-refractivity contribution in [1.82, 2.24) is 14.9 Å². The predicted octanol–water partition coefficient (Wildman–Crippen LogP) is 0.581. The number of aromatic nitrogens is 2. The maximum atomic E-state index is 11.9. The number of hydrogen-bond acceptors (Lipinski definition) is 5. The van der Waals surface area contributed by atoms with E-state index in [9.17, 15) is 19.7 Å². The van der Waals surface area contributed by atoms with Gasteiger partial charge in [-0.05, 0) is 6.07 Å². The summed E-state index contributed by atoms with van der Waals surface area (Å²) in [7, 11) is 0. The van der Waals surface area contributed by atoms with Crippen LogP contribution >= 0.6 is 0 Å². The van der Waals surface area contributed by atoms with Crippen molar-refractivity contribution in [2.75, 3.05) is 6.54 Å². The van der Waals surface area contributed by atoms with E-state index in [2.05, 4.69) is 10.3 Å². The second kappa shape index (κ2) is 6.42. The van der Waals surface area contributed by atoms with Crippen LogP contribution < -0.4 is 10.9 Å². The minimum Gasteiger partial charge on any atom is -0.350 e. The molecule has 1 amide bonds. The largest absolute Gasteiger partial charge is 0.350 e. The lowest BCUT2D eigenvalue weighted by atomic mass is 10.2. The van der Waals surface area contributed by atoms with Gasteiger partial charge in [0.2, 0.25) is 0 Å². The molecule has 1 heterocycles. The van der Waals surface area contributed by atoms with Gasteiger partial charge in [-0.15, -0.1) is 0 Å². The first-order chi connectivity index (χ1) is 10.1. The molecular weight excluding hydrogens is 276 g/mol. The van der Waals surface area contributed by atoms with Crippen molar-refractivity contribution in [2.45, 2.75) is 6.54 Å². The highest BCUT2D eigenvalue weighted by atomic mass is 16.6. The molecule has 108 valence electrons. The summed E-state index contributed by atoms with van der Waals surface area (Å²) in [6.45, 7) is 0.487. The van der Waals surface area contributed by atoms with Crippen molar-refractivity contribution in [3.63, 3.8) is 0 Å². The smallest absolute Gasteiger partial charge is 0.270 e. The van der Waals surface area contributed by atoms with Gasteiger partial charge < -0.3 is 5.32 Å². The number of hydrogen-bond donors (Lipinski definition) is 1. The van der Waals surface area contributed by atoms with E-state index < -0.39 is 10.8 Å². The molecule has 0 radical (unpaired) electrons. The van der Waals surface area contributed by atoms with Crippen molar-refractivity contribution >= 4 is 11.6 Å². The molecule has 0 saturated heterocycles. The van der Waals surface area contributed by atoms with Crippen LogP contribution in [0.5, 0.6) is 0 Å². The summed E-state index contributed by atoms with van der Waals surface area (Å²) < 4.78 is 1.35. The van der Waals surface area contributed by atoms with Crippen LogP contribution in [0.3, 0.4) is 0 Å². The molecule has 0 aliphatic heterocycles. The van der Waals surface area contributed by atoms with Crippen LogP contribution in [-0.4, -0.2) is 26.9 Å². The SMILES string of the molecule is O=C(NCCn1cnccc1=O)c1cccc([N+](=O)[O-])c1. The molecule has 0 fully saturated rings. The van der Waals surface area contributed by atoms with Crippen molar-refractivity contribution in [3.05, 3.63) is 68.9 Å². The molecule has 0 unspecified atom stereocenters. The molecule has 8 nitrogen and oxygen atoms in total. The number of non-ortho nitro benzene ring substituents is 1. The van der Waals surface area contributed by atoms with E-state index in [4.69, 9.17) is 0 Å². The number of nitro benzene ring substituents is 1. The van der Waals surface area contributed by atoms with Gasteiger partial charge in [0.25, 0.3) is 17.2 Å². The zero-order valence-corrected chi connectivity index (χ0v) is 10.9. The highest BCUT2D eigenvalue weighted by Gasteiger charge is 2.10. The first-order valence-electron chi connectivity index (χ1n) is 6.11. The first kappa shape index (κ1) is 14.4. The van der Waals surface area contributed by atoms with Gasteiger partial charge in [-0.3, -0.25) is 24.3 Å². The van der Waals surface area contributed by atoms with Gasteiger partial charge in [0.1, 0.15) is 0 Å². The molecule has 1 aromatic heterocycles. The minimum atomic E-state index is -0.564. The number of carbonyl (C=O) groups is 1. The third-order valence-corrected chi connectivity index (χ3v) is 2.75. The van der Waals surface area contributed by atoms with E-state index in [1.807, 2.05) is 0 Å². The molecule has 1 N–H and O–H groups in total. The number of nitro groups is 1. The molecule has 1 aromatic carbocycles. The topological polar surface area (TPSA) is 107 Å². The Balaban J connectivity index is 1.96. The van der Waals surface area contributed by atoms with E-state index in [0.717, 1.165) is 0 Å². The average molecular weight is 288 g/mol. The normalized spacial score (nSPS) is 10.1. The van der Waals surface area contributed by atoms with Gasteiger partial charge in [-0.2, -0.15) is 0 Å². The zero-order valence-electron chi connectivity index (χ0n) is 10.9. The quantitative estimate of drug-likeness (QED) is 0.639. The molecule has 0 spiro atoms. The van der Waals surface area contributed by atoms with Gasteiger partial charge in [0, 0.05) is 43.0 Å². The molecule has 0 saturated carbocycles. The fourth-order valence-electron chi connectivity index (χ4n) is 1.70. The van der Waals surface area contributed by atoms with Crippen molar-refractivity contribution < 1.29 is 9.72 Å². The number of nitrogens with one attached hydrogen (secondary N) is 1. The summed E-state index contributed by atoms with van der Waals surface area (Å²) in [4.78, 5) is 37.2. The monoisotopic (exact) mass is 288 g/mol. The number of benzene rings is 1. The van der Waals surface area contributed by atoms with Crippen molar-refractivity contribution in [2.24, 2.45) is 0 Å². The Morgan fingerprint density at radius 1 is 1.38 bits per heavy atom. The summed E-state index contributed by atoms with van der Waals surface area (Å²) >= 11 is 0. The van der Waals surface area contributed by atoms with E-state index in [1.54, 1.807) is 0 Å². The third kappa shape index (κ3) is 3.72. The fraction of sp³-hybridized carbons (Fsp3) is 0.154. The van der Waals surface area contributed by atoms with Gasteiger partial charge >= 0.3 is 0 Å². The minimum absolute atomic E-state index is 0.147. The van der Waals surface area contributed by atoms with E-state index in [1.165, 1.54) is 47.4 Å². The summed E-state index contributed by atoms with van der Waals surface area (Å²) in [6, 6.07) is 6.76. The summed E-state index contributed by atoms with van der Waals surface area (Å²) in [6.07, 6.45) is 2.77. The molecule has 2 aromatic rings. The predicted molar refractivity (Wildman–Crippen MR) is 73.9 cm³/mol. The molecule has 2 rings (SSSR count). The lowest BCUT2D eigenvalue weighted by molar-refractivity contribution is -0.384. The lowest BCUT2D eigenvalue weighted by Gasteiger charge is -2.06. The van der Waals surface area contributed by atoms with E-state index >= 15 is 0 Å². The second-order valence-electron chi connectivity index (χ2n) is 4.18. The Morgan fingerprint density at radius 3 is 2.90 bits per heavy atom. The molecule has 8 heteroatoms. The van der Waals surface area contributed by atoms with Crippen molar-refractivity contribution in [1.29, 1.82) is 0 Å². The molecule has 0 bridgehead atoms. The Kier molecular flexibility index (Phi) is 4.39. The van der Waals surface area contributed by atoms with E-state index in [-0.39, 0.29) is 29.9 Å². The zero-order chi connectivity index (χ0) is 15.2. The maximum Gasteiger partial charge on any atom is 0.270 e. The lowest BCUT2D eigenvalue weighted by Crippen LogP contribution is -2.30. The molecule has 0 aliphatic rings. The summed E-state index contributed by atoms with van der Waals surface area (Å²) in [5, 5.41) is 13.2. The van der Waals surface area contributed by atoms with Crippen LogP contribution in [0.25, 0.3) is 0 Å². The molecule has 0 atom stereocenters. The number of amides is 1. The maximum absolute atomic E-state index is 11.9. The Hall–Kier alpha value is -3.03. The Morgan fingerprint density at radius 2 is 2.19 bits per heavy atom. The van der Waals surface area contributed by atoms with Crippen LogP contribution in [0.15, 0.2) is 47.7 Å². The molecule has 0 aliphatic carbocycles. The van der Waals surface area contributed by atoms with Gasteiger partial charge in [0.05, 0.1) is 11.3 Å². The van der Waals surface area contributed by atoms with Gasteiger partial charge in [0.15, 0.2) is 0 Å². The first-order valence-corrected chi connectivity index (χ1v) is 6.11. The second-order valence-corrected chi connectivity index (χ2v) is 4.18. The van der Waals surface area contributed by atoms with Gasteiger partial charge in [-0.25, -0.2) is 4.98 Å². The summed E-state index contributed by atoms with van der Waals surface area (Å²) in [5.74, 6) is -0.435. The highest BCUT2D eigenvalue weighted by molar-refractivity contribution is 5.94. The summed E-state index contributed by atoms with van der Waals surface area (Å²) in [5.41, 5.74) is -0.163. The van der Waals surface area contributed by atoms with Crippen LogP contribution in [0.1, 0.15) is 10.4 Å². The van der Waals surface area contributed by atoms with Crippen LogP contribution in [0.2, 0.25) is 0 Å². The van der Waals surface area contributed by atoms with Crippen LogP contribution in [0, 0.1) is 10.1 Å². The number of rotatable bonds is 5. The van der Waals surface area contributed by atoms with Crippen molar-refractivity contribution in [3.8, 4) is 0 Å². The Bertz CT molecular complexity index is 726. The molecule has 21 heavy (non-hydrogen) atoms. The van der Waals surface area contributed by atoms with E-state index in [0.29, 0.717) is 0 Å². The average Bonchev–Trinajstić information content (AvgIpc) is 2.49. The highest BCUT2D eigenvalue weighted by Crippen LogP contribution is 2.12. The molecular formula is C13H12N4O4. The van der Waals surface area contributed by atoms with Crippen LogP contribution in [-0.2, 0) is 6.54 Å². The number of nitrogens with zero attached hydrogens (tertiary/aromatic N) is 3. The number of carbonyl (C=O) groups excluding carboxylic acids is 1. The van der Waals surface area contributed by atoms with Gasteiger partial charge in [-0.1, -0.05) is 6.07 Å². The Labute approximate surface area is 119 Å². The standard InChI is InChI=1S/C13H12N4O4/c18-12-4-5-14-9-16(12)7-6-15-13(19)10-2-1-3-11(8-10)17(20)21/h1-5,8-9H,6-7H2,(H,15,19). The fourth-order valence-corrected chi connectivity index (χ4v) is 1.70.